The Bertz CT molecular complexity index is 1500. The molecule has 3 heterocycles. The number of fused-ring (bicyclic) bond motifs is 1. The third-order valence-corrected chi connectivity index (χ3v) is 7.30. The minimum atomic E-state index is -5.40. The third-order valence-electron chi connectivity index (χ3n) is 5.15. The lowest BCUT2D eigenvalue weighted by Gasteiger charge is -2.19. The minimum Gasteiger partial charge on any atom is -0.387 e. The lowest BCUT2D eigenvalue weighted by molar-refractivity contribution is -0.0547. The maximum absolute atomic E-state index is 13.9. The first-order valence-corrected chi connectivity index (χ1v) is 12.9. The molecular weight excluding hydrogens is 535 g/mol. The van der Waals surface area contributed by atoms with Crippen LogP contribution in [0.15, 0.2) is 44.6 Å². The van der Waals surface area contributed by atoms with Gasteiger partial charge in [0.25, 0.3) is 5.56 Å². The maximum atomic E-state index is 13.9. The molecule has 16 nitrogen and oxygen atoms in total. The molecule has 0 spiro atoms. The Morgan fingerprint density at radius 3 is 2.53 bits per heavy atom. The molecule has 1 saturated heterocycles. The average Bonchev–Trinajstić information content (AvgIpc) is 3.31. The number of aliphatic hydroxyl groups excluding tert-OH is 2. The third kappa shape index (κ3) is 5.40. The van der Waals surface area contributed by atoms with Crippen LogP contribution in [0.4, 0.5) is 4.39 Å². The smallest absolute Gasteiger partial charge is 0.387 e. The first-order valence-electron chi connectivity index (χ1n) is 9.88. The Morgan fingerprint density at radius 2 is 1.83 bits per heavy atom. The van der Waals surface area contributed by atoms with E-state index in [1.54, 1.807) is 0 Å². The zero-order chi connectivity index (χ0) is 26.4. The second-order valence-electron chi connectivity index (χ2n) is 7.56. The molecule has 19 heteroatoms. The summed E-state index contributed by atoms with van der Waals surface area (Å²) in [4.78, 5) is 52.0. The van der Waals surface area contributed by atoms with Crippen molar-refractivity contribution in [3.8, 4) is 0 Å². The fourth-order valence-corrected chi connectivity index (χ4v) is 5.13. The van der Waals surface area contributed by atoms with Crippen molar-refractivity contribution in [1.29, 1.82) is 0 Å². The molecule has 5 N–H and O–H groups in total. The van der Waals surface area contributed by atoms with E-state index in [0.29, 0.717) is 4.57 Å². The standard InChI is InChI=1S/C17H18FN3O13P2/c18-9-3-1-2-8-10(19-33-15(8)9)6-21-12(22)4-5-20(17(21)25)16-14(24)13(23)11(32-16)7-31-36(29,30)34-35(26,27)28/h1-5,11,13-14,16,23-24H,6-7H2,(H,29,30)(H2,26,27,28)/t11-,13?,14+,16-/m1/s1. The Morgan fingerprint density at radius 1 is 1.11 bits per heavy atom. The number of phosphoric acid groups is 2. The van der Waals surface area contributed by atoms with E-state index in [4.69, 9.17) is 19.0 Å². The normalized spacial score (nSPS) is 24.3. The zero-order valence-corrected chi connectivity index (χ0v) is 19.5. The fourth-order valence-electron chi connectivity index (χ4n) is 3.54. The molecule has 0 amide bonds. The first kappa shape index (κ1) is 26.5. The summed E-state index contributed by atoms with van der Waals surface area (Å²) in [6.45, 7) is -1.42. The van der Waals surface area contributed by atoms with E-state index in [0.717, 1.165) is 22.9 Å². The Labute approximate surface area is 198 Å². The van der Waals surface area contributed by atoms with Gasteiger partial charge in [-0.05, 0) is 12.1 Å². The topological polar surface area (TPSA) is 233 Å². The van der Waals surface area contributed by atoms with Crippen LogP contribution in [0.1, 0.15) is 11.9 Å². The predicted molar refractivity (Wildman–Crippen MR) is 113 cm³/mol. The van der Waals surface area contributed by atoms with Gasteiger partial charge < -0.3 is 34.2 Å². The summed E-state index contributed by atoms with van der Waals surface area (Å²) in [6.07, 6.45) is -5.79. The monoisotopic (exact) mass is 553 g/mol. The molecule has 0 aliphatic carbocycles. The maximum Gasteiger partial charge on any atom is 0.481 e. The molecule has 0 saturated carbocycles. The second kappa shape index (κ2) is 9.72. The highest BCUT2D eigenvalue weighted by Crippen LogP contribution is 2.57. The van der Waals surface area contributed by atoms with Crippen LogP contribution in [-0.4, -0.2) is 64.1 Å². The van der Waals surface area contributed by atoms with Gasteiger partial charge in [0.2, 0.25) is 5.58 Å². The van der Waals surface area contributed by atoms with Crippen LogP contribution in [-0.2, 0) is 29.2 Å². The Hall–Kier alpha value is -2.56. The van der Waals surface area contributed by atoms with E-state index in [1.165, 1.54) is 12.1 Å². The van der Waals surface area contributed by atoms with E-state index < -0.39 is 70.4 Å². The molecule has 1 aliphatic rings. The first-order chi connectivity index (χ1) is 16.8. The fraction of sp³-hybridized carbons (Fsp3) is 0.353. The van der Waals surface area contributed by atoms with Crippen molar-refractivity contribution < 1.29 is 56.5 Å². The highest BCUT2D eigenvalue weighted by molar-refractivity contribution is 7.60. The predicted octanol–water partition coefficient (Wildman–Crippen LogP) is -0.816. The number of aromatic nitrogens is 3. The van der Waals surface area contributed by atoms with Gasteiger partial charge in [0.15, 0.2) is 12.0 Å². The lowest BCUT2D eigenvalue weighted by atomic mass is 10.1. The van der Waals surface area contributed by atoms with Crippen molar-refractivity contribution in [2.75, 3.05) is 6.61 Å². The number of phosphoric ester groups is 1. The molecule has 3 aromatic rings. The summed E-state index contributed by atoms with van der Waals surface area (Å²) >= 11 is 0. The summed E-state index contributed by atoms with van der Waals surface area (Å²) in [5.74, 6) is -0.701. The van der Waals surface area contributed by atoms with Gasteiger partial charge in [0, 0.05) is 17.6 Å². The molecule has 1 aromatic carbocycles. The minimum absolute atomic E-state index is 0.0596. The highest BCUT2D eigenvalue weighted by atomic mass is 31.3. The number of hydrogen-bond donors (Lipinski definition) is 5. The molecule has 4 rings (SSSR count). The summed E-state index contributed by atoms with van der Waals surface area (Å²) < 4.78 is 56.0. The zero-order valence-electron chi connectivity index (χ0n) is 17.7. The van der Waals surface area contributed by atoms with Gasteiger partial charge in [0.1, 0.15) is 24.0 Å². The summed E-state index contributed by atoms with van der Waals surface area (Å²) in [5, 5.41) is 24.5. The Balaban J connectivity index is 1.57. The van der Waals surface area contributed by atoms with E-state index in [2.05, 4.69) is 14.0 Å². The van der Waals surface area contributed by atoms with Crippen molar-refractivity contribution >= 4 is 26.6 Å². The molecule has 2 aromatic heterocycles. The molecule has 2 unspecified atom stereocenters. The average molecular weight is 553 g/mol. The molecule has 36 heavy (non-hydrogen) atoms. The van der Waals surface area contributed by atoms with E-state index >= 15 is 0 Å². The van der Waals surface area contributed by atoms with Crippen molar-refractivity contribution in [1.82, 2.24) is 14.3 Å². The van der Waals surface area contributed by atoms with Gasteiger partial charge in [-0.3, -0.25) is 18.5 Å². The quantitative estimate of drug-likeness (QED) is 0.215. The molecule has 5 atom stereocenters. The number of para-hydroxylation sites is 1. The van der Waals surface area contributed by atoms with Crippen LogP contribution >= 0.6 is 15.6 Å². The van der Waals surface area contributed by atoms with E-state index in [-0.39, 0.29) is 16.7 Å². The van der Waals surface area contributed by atoms with Gasteiger partial charge >= 0.3 is 21.3 Å². The lowest BCUT2D eigenvalue weighted by Crippen LogP contribution is -2.43. The highest BCUT2D eigenvalue weighted by Gasteiger charge is 2.46. The van der Waals surface area contributed by atoms with Crippen molar-refractivity contribution in [2.45, 2.75) is 31.1 Å². The van der Waals surface area contributed by atoms with Crippen LogP contribution in [0.3, 0.4) is 0 Å². The molecular formula is C17H18FN3O13P2. The van der Waals surface area contributed by atoms with Gasteiger partial charge in [-0.1, -0.05) is 11.2 Å². The molecule has 0 radical (unpaired) electrons. The van der Waals surface area contributed by atoms with E-state index in [9.17, 15) is 38.2 Å². The van der Waals surface area contributed by atoms with Gasteiger partial charge in [-0.2, -0.15) is 4.31 Å². The van der Waals surface area contributed by atoms with Crippen LogP contribution in [0.5, 0.6) is 0 Å². The summed E-state index contributed by atoms with van der Waals surface area (Å²) in [7, 11) is -10.7. The largest absolute Gasteiger partial charge is 0.481 e. The van der Waals surface area contributed by atoms with E-state index in [1.807, 2.05) is 0 Å². The molecule has 196 valence electrons. The van der Waals surface area contributed by atoms with Crippen LogP contribution in [0.2, 0.25) is 0 Å². The summed E-state index contributed by atoms with van der Waals surface area (Å²) in [6, 6.07) is 4.94. The van der Waals surface area contributed by atoms with Crippen molar-refractivity contribution in [3.05, 3.63) is 62.8 Å². The van der Waals surface area contributed by atoms with Crippen LogP contribution in [0, 0.1) is 5.82 Å². The number of benzene rings is 1. The van der Waals surface area contributed by atoms with Crippen molar-refractivity contribution in [2.24, 2.45) is 0 Å². The molecule has 0 bridgehead atoms. The number of ether oxygens (including phenoxy) is 1. The van der Waals surface area contributed by atoms with Crippen molar-refractivity contribution in [3.63, 3.8) is 0 Å². The number of aliphatic hydroxyl groups is 2. The van der Waals surface area contributed by atoms with Gasteiger partial charge in [0.05, 0.1) is 13.2 Å². The number of rotatable bonds is 8. The Kier molecular flexibility index (Phi) is 7.15. The number of nitrogens with zero attached hydrogens (tertiary/aromatic N) is 3. The van der Waals surface area contributed by atoms with Gasteiger partial charge in [-0.25, -0.2) is 18.3 Å². The van der Waals surface area contributed by atoms with Gasteiger partial charge in [-0.15, -0.1) is 0 Å². The van der Waals surface area contributed by atoms with Crippen LogP contribution in [0.25, 0.3) is 11.0 Å². The van der Waals surface area contributed by atoms with Crippen LogP contribution < -0.4 is 11.2 Å². The number of halogens is 1. The molecule has 1 aliphatic heterocycles. The second-order valence-corrected chi connectivity index (χ2v) is 10.4. The SMILES string of the molecule is O=c1ccn([C@@H]2O[C@H](COP(=O)(O)OP(=O)(O)O)C(O)[C@@H]2O)c(=O)n1Cc1noc2c(F)cccc12. The summed E-state index contributed by atoms with van der Waals surface area (Å²) in [5.41, 5.74) is -1.93. The number of hydrogen-bond acceptors (Lipinski definition) is 11. The molecule has 1 fully saturated rings.